The highest BCUT2D eigenvalue weighted by Gasteiger charge is 2.39. The molecule has 2 heterocycles. The van der Waals surface area contributed by atoms with Crippen LogP contribution in [0.15, 0.2) is 72.8 Å². The molecule has 0 saturated carbocycles. The molecule has 2 aliphatic heterocycles. The number of benzene rings is 3. The summed E-state index contributed by atoms with van der Waals surface area (Å²) in [4.78, 5) is 14.3. The van der Waals surface area contributed by atoms with Gasteiger partial charge in [-0.15, -0.1) is 0 Å². The highest BCUT2D eigenvalue weighted by atomic mass is 35.6. The fraction of sp³-hybridized carbons (Fsp3) is 0.406. The number of nitrogens with zero attached hydrogens (tertiary/aromatic N) is 1. The van der Waals surface area contributed by atoms with Gasteiger partial charge >= 0.3 is 0 Å². The Hall–Kier alpha value is -2.20. The fourth-order valence-electron chi connectivity index (χ4n) is 5.34. The average Bonchev–Trinajstić information content (AvgIpc) is 3.01. The van der Waals surface area contributed by atoms with E-state index in [1.165, 1.54) is 0 Å². The summed E-state index contributed by atoms with van der Waals surface area (Å²) in [5, 5.41) is 12.1. The van der Waals surface area contributed by atoms with Crippen molar-refractivity contribution in [3.8, 4) is 11.1 Å². The van der Waals surface area contributed by atoms with Crippen molar-refractivity contribution in [3.05, 3.63) is 95.1 Å². The molecule has 0 aliphatic carbocycles. The van der Waals surface area contributed by atoms with Crippen LogP contribution in [0.25, 0.3) is 11.1 Å². The minimum absolute atomic E-state index is 0.00556. The molecule has 3 aromatic carbocycles. The maximum atomic E-state index is 11.9. The van der Waals surface area contributed by atoms with Crippen molar-refractivity contribution in [1.29, 1.82) is 0 Å². The number of carbonyl (C=O) groups excluding carboxylic acids is 1. The SMILES string of the molecule is C[C@H]1[C@@H](CN2CCOCC2)O[C@@H](c2ccc(-c3cccc(CNC(=O)C(Cl)(Cl)Cl)c3)cc2)O[C@H]1c1ccc(CO)cc1. The standard InChI is InChI=1S/C32H35Cl3N2O5/c1-21-28(19-37-13-15-40-16-14-37)41-30(42-29(21)25-7-5-22(20-38)6-8-25)26-11-9-24(10-12-26)27-4-2-3-23(17-27)18-36-31(39)32(33,34)35/h2-12,17,21,28-30,38H,13-16,18-20H2,1H3,(H,36,39)/t21-,28+,29+,30+/m0/s1. The molecule has 4 atom stereocenters. The second kappa shape index (κ2) is 14.1. The first-order valence-electron chi connectivity index (χ1n) is 14.1. The number of amides is 1. The van der Waals surface area contributed by atoms with Gasteiger partial charge in [0.2, 0.25) is 0 Å². The fourth-order valence-corrected chi connectivity index (χ4v) is 5.54. The number of carbonyl (C=O) groups is 1. The second-order valence-electron chi connectivity index (χ2n) is 10.7. The highest BCUT2D eigenvalue weighted by molar-refractivity contribution is 6.76. The van der Waals surface area contributed by atoms with Crippen molar-refractivity contribution >= 4 is 40.7 Å². The maximum absolute atomic E-state index is 11.9. The van der Waals surface area contributed by atoms with Crippen LogP contribution in [0.1, 0.15) is 41.6 Å². The molecule has 224 valence electrons. The second-order valence-corrected chi connectivity index (χ2v) is 13.0. The van der Waals surface area contributed by atoms with E-state index in [9.17, 15) is 9.90 Å². The largest absolute Gasteiger partial charge is 0.392 e. The van der Waals surface area contributed by atoms with Crippen LogP contribution < -0.4 is 5.32 Å². The van der Waals surface area contributed by atoms with Gasteiger partial charge < -0.3 is 24.6 Å². The Bertz CT molecular complexity index is 1330. The predicted octanol–water partition coefficient (Wildman–Crippen LogP) is 5.96. The average molecular weight is 634 g/mol. The molecule has 0 spiro atoms. The molecule has 2 N–H and O–H groups in total. The molecule has 5 rings (SSSR count). The van der Waals surface area contributed by atoms with Gasteiger partial charge in [-0.1, -0.05) is 108 Å². The predicted molar refractivity (Wildman–Crippen MR) is 164 cm³/mol. The Labute approximate surface area is 261 Å². The normalized spacial score (nSPS) is 23.5. The van der Waals surface area contributed by atoms with Crippen LogP contribution in [-0.2, 0) is 32.2 Å². The summed E-state index contributed by atoms with van der Waals surface area (Å²) >= 11 is 17.0. The Kier molecular flexibility index (Phi) is 10.5. The first-order valence-corrected chi connectivity index (χ1v) is 15.2. The van der Waals surface area contributed by atoms with Crippen molar-refractivity contribution < 1.29 is 24.1 Å². The van der Waals surface area contributed by atoms with Crippen LogP contribution in [0, 0.1) is 5.92 Å². The topological polar surface area (TPSA) is 80.3 Å². The zero-order valence-electron chi connectivity index (χ0n) is 23.3. The van der Waals surface area contributed by atoms with Crippen LogP contribution in [0.3, 0.4) is 0 Å². The van der Waals surface area contributed by atoms with Crippen LogP contribution in [0.5, 0.6) is 0 Å². The Morgan fingerprint density at radius 3 is 2.29 bits per heavy atom. The summed E-state index contributed by atoms with van der Waals surface area (Å²) in [6.45, 7) is 6.46. The third kappa shape index (κ3) is 7.84. The first kappa shape index (κ1) is 31.2. The van der Waals surface area contributed by atoms with Gasteiger partial charge in [-0.2, -0.15) is 0 Å². The molecule has 1 amide bonds. The van der Waals surface area contributed by atoms with Gasteiger partial charge in [0.25, 0.3) is 9.70 Å². The van der Waals surface area contributed by atoms with E-state index in [-0.39, 0.29) is 31.3 Å². The zero-order valence-corrected chi connectivity index (χ0v) is 25.6. The van der Waals surface area contributed by atoms with Gasteiger partial charge in [0.05, 0.1) is 32.0 Å². The molecule has 2 saturated heterocycles. The summed E-state index contributed by atoms with van der Waals surface area (Å²) in [6, 6.07) is 23.9. The number of hydrogen-bond acceptors (Lipinski definition) is 6. The van der Waals surface area contributed by atoms with Gasteiger partial charge in [0.15, 0.2) is 6.29 Å². The minimum atomic E-state index is -2.00. The van der Waals surface area contributed by atoms with Crippen molar-refractivity contribution in [2.75, 3.05) is 32.8 Å². The van der Waals surface area contributed by atoms with Crippen molar-refractivity contribution in [2.45, 2.75) is 42.4 Å². The highest BCUT2D eigenvalue weighted by Crippen LogP contribution is 2.42. The number of rotatable bonds is 8. The number of hydrogen-bond donors (Lipinski definition) is 2. The van der Waals surface area contributed by atoms with Crippen molar-refractivity contribution in [2.24, 2.45) is 5.92 Å². The molecule has 10 heteroatoms. The maximum Gasteiger partial charge on any atom is 0.272 e. The smallest absolute Gasteiger partial charge is 0.272 e. The lowest BCUT2D eigenvalue weighted by molar-refractivity contribution is -0.277. The van der Waals surface area contributed by atoms with Gasteiger partial charge in [-0.25, -0.2) is 0 Å². The van der Waals surface area contributed by atoms with E-state index in [1.54, 1.807) is 0 Å². The van der Waals surface area contributed by atoms with Gasteiger partial charge in [0, 0.05) is 37.7 Å². The number of morpholine rings is 1. The Morgan fingerprint density at radius 2 is 1.62 bits per heavy atom. The van der Waals surface area contributed by atoms with E-state index in [0.717, 1.165) is 66.2 Å². The van der Waals surface area contributed by atoms with E-state index in [2.05, 4.69) is 17.1 Å². The summed E-state index contributed by atoms with van der Waals surface area (Å²) in [6.07, 6.45) is -0.738. The number of alkyl halides is 3. The summed E-state index contributed by atoms with van der Waals surface area (Å²) in [5.41, 5.74) is 5.75. The van der Waals surface area contributed by atoms with E-state index in [0.29, 0.717) is 0 Å². The lowest BCUT2D eigenvalue weighted by Gasteiger charge is -2.43. The summed E-state index contributed by atoms with van der Waals surface area (Å²) < 4.78 is 16.8. The van der Waals surface area contributed by atoms with Crippen LogP contribution in [0.2, 0.25) is 0 Å². The summed E-state index contributed by atoms with van der Waals surface area (Å²) in [5.74, 6) is -0.549. The number of aliphatic hydroxyl groups excluding tert-OH is 1. The third-order valence-electron chi connectivity index (χ3n) is 7.82. The van der Waals surface area contributed by atoms with Crippen molar-refractivity contribution in [3.63, 3.8) is 0 Å². The van der Waals surface area contributed by atoms with Crippen LogP contribution in [0.4, 0.5) is 0 Å². The lowest BCUT2D eigenvalue weighted by Crippen LogP contribution is -2.47. The van der Waals surface area contributed by atoms with Gasteiger partial charge in [-0.05, 0) is 33.9 Å². The molecule has 0 aromatic heterocycles. The molecule has 2 aliphatic rings. The molecular formula is C32H35Cl3N2O5. The van der Waals surface area contributed by atoms with E-state index in [4.69, 9.17) is 49.0 Å². The van der Waals surface area contributed by atoms with E-state index in [1.807, 2.05) is 72.8 Å². The van der Waals surface area contributed by atoms with Crippen LogP contribution in [-0.4, -0.2) is 58.7 Å². The molecule has 0 radical (unpaired) electrons. The Balaban J connectivity index is 1.33. The number of nitrogens with one attached hydrogen (secondary N) is 1. The molecule has 3 aromatic rings. The minimum Gasteiger partial charge on any atom is -0.392 e. The monoisotopic (exact) mass is 632 g/mol. The number of ether oxygens (including phenoxy) is 3. The first-order chi connectivity index (χ1) is 20.2. The third-order valence-corrected chi connectivity index (χ3v) is 8.33. The lowest BCUT2D eigenvalue weighted by atomic mass is 9.90. The zero-order chi connectivity index (χ0) is 29.7. The van der Waals surface area contributed by atoms with E-state index >= 15 is 0 Å². The molecule has 42 heavy (non-hydrogen) atoms. The number of halogens is 3. The number of aliphatic hydroxyl groups is 1. The van der Waals surface area contributed by atoms with Gasteiger partial charge in [-0.3, -0.25) is 9.69 Å². The van der Waals surface area contributed by atoms with Gasteiger partial charge in [0.1, 0.15) is 0 Å². The Morgan fingerprint density at radius 1 is 0.929 bits per heavy atom. The molecule has 2 fully saturated rings. The molecule has 0 bridgehead atoms. The molecule has 7 nitrogen and oxygen atoms in total. The van der Waals surface area contributed by atoms with Crippen molar-refractivity contribution in [1.82, 2.24) is 10.2 Å². The quantitative estimate of drug-likeness (QED) is 0.298. The molecular weight excluding hydrogens is 599 g/mol. The van der Waals surface area contributed by atoms with Crippen LogP contribution >= 0.6 is 34.8 Å². The molecule has 0 unspecified atom stereocenters. The summed E-state index contributed by atoms with van der Waals surface area (Å²) in [7, 11) is 0. The van der Waals surface area contributed by atoms with E-state index < -0.39 is 16.0 Å².